The van der Waals surface area contributed by atoms with E-state index in [1.807, 2.05) is 0 Å². The molecule has 0 aliphatic rings. The first-order valence-corrected chi connectivity index (χ1v) is 4.30. The lowest BCUT2D eigenvalue weighted by molar-refractivity contribution is -0.139. The van der Waals surface area contributed by atoms with Crippen molar-refractivity contribution in [3.8, 4) is 0 Å². The third kappa shape index (κ3) is 2.62. The molecule has 0 N–H and O–H groups in total. The Morgan fingerprint density at radius 3 is 2.14 bits per heavy atom. The van der Waals surface area contributed by atoms with E-state index in [0.717, 1.165) is 6.08 Å². The summed E-state index contributed by atoms with van der Waals surface area (Å²) in [5.74, 6) is -1.49. The molecule has 1 aromatic rings. The lowest BCUT2D eigenvalue weighted by Crippen LogP contribution is -2.18. The second-order valence-electron chi connectivity index (χ2n) is 2.96. The van der Waals surface area contributed by atoms with Crippen LogP contribution in [0.25, 0.3) is 0 Å². The lowest BCUT2D eigenvalue weighted by atomic mass is 9.98. The predicted octanol–water partition coefficient (Wildman–Crippen LogP) is 3.91. The summed E-state index contributed by atoms with van der Waals surface area (Å²) in [5.41, 5.74) is 0.276. The van der Waals surface area contributed by atoms with E-state index < -0.39 is 12.1 Å². The SMILES string of the molecule is C/C=C/C(c1ccccc1)C(F)(F)F. The number of benzene rings is 1. The summed E-state index contributed by atoms with van der Waals surface area (Å²) < 4.78 is 37.6. The molecule has 76 valence electrons. The van der Waals surface area contributed by atoms with Gasteiger partial charge in [-0.1, -0.05) is 42.5 Å². The zero-order valence-corrected chi connectivity index (χ0v) is 7.75. The first-order valence-electron chi connectivity index (χ1n) is 4.30. The van der Waals surface area contributed by atoms with E-state index in [4.69, 9.17) is 0 Å². The Kier molecular flexibility index (Phi) is 3.33. The molecule has 0 aliphatic heterocycles. The van der Waals surface area contributed by atoms with Crippen molar-refractivity contribution >= 4 is 0 Å². The van der Waals surface area contributed by atoms with E-state index in [-0.39, 0.29) is 5.56 Å². The molecule has 1 rings (SSSR count). The Labute approximate surface area is 81.1 Å². The minimum absolute atomic E-state index is 0.276. The standard InChI is InChI=1S/C11H11F3/c1-2-6-10(11(12,13)14)9-7-4-3-5-8-9/h2-8,10H,1H3/b6-2+. The quantitative estimate of drug-likeness (QED) is 0.635. The monoisotopic (exact) mass is 200 g/mol. The van der Waals surface area contributed by atoms with Gasteiger partial charge in [0, 0.05) is 0 Å². The van der Waals surface area contributed by atoms with Crippen molar-refractivity contribution in [1.29, 1.82) is 0 Å². The zero-order valence-electron chi connectivity index (χ0n) is 7.75. The van der Waals surface area contributed by atoms with E-state index in [0.29, 0.717) is 0 Å². The van der Waals surface area contributed by atoms with E-state index in [1.165, 1.54) is 18.2 Å². The number of rotatable bonds is 2. The Morgan fingerprint density at radius 2 is 1.71 bits per heavy atom. The number of hydrogen-bond donors (Lipinski definition) is 0. The number of halogens is 3. The van der Waals surface area contributed by atoms with Crippen molar-refractivity contribution in [2.75, 3.05) is 0 Å². The van der Waals surface area contributed by atoms with Crippen LogP contribution in [0, 0.1) is 0 Å². The van der Waals surface area contributed by atoms with Crippen LogP contribution in [-0.4, -0.2) is 6.18 Å². The van der Waals surface area contributed by atoms with Gasteiger partial charge in [0.2, 0.25) is 0 Å². The summed E-state index contributed by atoms with van der Waals surface area (Å²) in [7, 11) is 0. The zero-order chi connectivity index (χ0) is 10.6. The molecule has 1 aromatic carbocycles. The van der Waals surface area contributed by atoms with Gasteiger partial charge < -0.3 is 0 Å². The molecule has 0 fully saturated rings. The average Bonchev–Trinajstić information content (AvgIpc) is 2.14. The maximum atomic E-state index is 12.5. The fourth-order valence-corrected chi connectivity index (χ4v) is 1.26. The van der Waals surface area contributed by atoms with Crippen LogP contribution in [0.3, 0.4) is 0 Å². The van der Waals surface area contributed by atoms with Gasteiger partial charge in [-0.2, -0.15) is 13.2 Å². The number of hydrogen-bond acceptors (Lipinski definition) is 0. The van der Waals surface area contributed by atoms with Gasteiger partial charge in [-0.05, 0) is 12.5 Å². The molecular formula is C11H11F3. The van der Waals surface area contributed by atoms with Crippen LogP contribution in [0.4, 0.5) is 13.2 Å². The molecule has 0 saturated carbocycles. The van der Waals surface area contributed by atoms with Crippen LogP contribution in [0.15, 0.2) is 42.5 Å². The lowest BCUT2D eigenvalue weighted by Gasteiger charge is -2.16. The third-order valence-electron chi connectivity index (χ3n) is 1.90. The Hall–Kier alpha value is -1.25. The smallest absolute Gasteiger partial charge is 0.170 e. The van der Waals surface area contributed by atoms with Crippen LogP contribution in [-0.2, 0) is 0 Å². The predicted molar refractivity (Wildman–Crippen MR) is 50.1 cm³/mol. The third-order valence-corrected chi connectivity index (χ3v) is 1.90. The van der Waals surface area contributed by atoms with E-state index >= 15 is 0 Å². The largest absolute Gasteiger partial charge is 0.399 e. The first-order chi connectivity index (χ1) is 6.55. The Bertz CT molecular complexity index is 298. The van der Waals surface area contributed by atoms with E-state index in [1.54, 1.807) is 25.1 Å². The normalized spacial score (nSPS) is 14.6. The summed E-state index contributed by atoms with van der Waals surface area (Å²) >= 11 is 0. The molecule has 0 saturated heterocycles. The van der Waals surface area contributed by atoms with Gasteiger partial charge >= 0.3 is 6.18 Å². The molecule has 0 radical (unpaired) electrons. The van der Waals surface area contributed by atoms with E-state index in [9.17, 15) is 13.2 Å². The summed E-state index contributed by atoms with van der Waals surface area (Å²) in [4.78, 5) is 0. The minimum Gasteiger partial charge on any atom is -0.170 e. The number of alkyl halides is 3. The second-order valence-corrected chi connectivity index (χ2v) is 2.96. The van der Waals surface area contributed by atoms with Crippen molar-refractivity contribution < 1.29 is 13.2 Å². The van der Waals surface area contributed by atoms with Crippen molar-refractivity contribution in [1.82, 2.24) is 0 Å². The molecule has 0 aliphatic carbocycles. The molecule has 0 spiro atoms. The maximum absolute atomic E-state index is 12.5. The van der Waals surface area contributed by atoms with Gasteiger partial charge in [-0.15, -0.1) is 0 Å². The van der Waals surface area contributed by atoms with Crippen LogP contribution < -0.4 is 0 Å². The van der Waals surface area contributed by atoms with Crippen molar-refractivity contribution in [2.24, 2.45) is 0 Å². The van der Waals surface area contributed by atoms with E-state index in [2.05, 4.69) is 0 Å². The molecule has 3 heteroatoms. The summed E-state index contributed by atoms with van der Waals surface area (Å²) in [5, 5.41) is 0. The maximum Gasteiger partial charge on any atom is 0.399 e. The molecule has 0 heterocycles. The molecule has 0 bridgehead atoms. The molecule has 0 nitrogen and oxygen atoms in total. The molecule has 0 aromatic heterocycles. The fourth-order valence-electron chi connectivity index (χ4n) is 1.26. The van der Waals surface area contributed by atoms with Crippen LogP contribution >= 0.6 is 0 Å². The fraction of sp³-hybridized carbons (Fsp3) is 0.273. The van der Waals surface area contributed by atoms with Crippen LogP contribution in [0.1, 0.15) is 18.4 Å². The molecule has 1 unspecified atom stereocenters. The first kappa shape index (κ1) is 10.8. The highest BCUT2D eigenvalue weighted by atomic mass is 19.4. The van der Waals surface area contributed by atoms with Crippen molar-refractivity contribution in [2.45, 2.75) is 19.0 Å². The highest BCUT2D eigenvalue weighted by Crippen LogP contribution is 2.35. The Balaban J connectivity index is 3.01. The van der Waals surface area contributed by atoms with Crippen molar-refractivity contribution in [3.63, 3.8) is 0 Å². The Morgan fingerprint density at radius 1 is 1.14 bits per heavy atom. The molecular weight excluding hydrogens is 189 g/mol. The summed E-state index contributed by atoms with van der Waals surface area (Å²) in [6.07, 6.45) is -1.63. The molecule has 1 atom stereocenters. The van der Waals surface area contributed by atoms with Gasteiger partial charge in [0.1, 0.15) is 0 Å². The van der Waals surface area contributed by atoms with Gasteiger partial charge in [0.15, 0.2) is 0 Å². The molecule has 0 amide bonds. The van der Waals surface area contributed by atoms with Gasteiger partial charge in [0.25, 0.3) is 0 Å². The topological polar surface area (TPSA) is 0 Å². The highest BCUT2D eigenvalue weighted by Gasteiger charge is 2.38. The summed E-state index contributed by atoms with van der Waals surface area (Å²) in [6, 6.07) is 7.89. The average molecular weight is 200 g/mol. The molecule has 14 heavy (non-hydrogen) atoms. The number of allylic oxidation sites excluding steroid dienone is 2. The van der Waals surface area contributed by atoms with Crippen LogP contribution in [0.5, 0.6) is 0 Å². The second kappa shape index (κ2) is 4.31. The minimum atomic E-state index is -4.21. The van der Waals surface area contributed by atoms with Gasteiger partial charge in [0.05, 0.1) is 5.92 Å². The highest BCUT2D eigenvalue weighted by molar-refractivity contribution is 5.25. The van der Waals surface area contributed by atoms with Gasteiger partial charge in [-0.25, -0.2) is 0 Å². The van der Waals surface area contributed by atoms with Crippen molar-refractivity contribution in [3.05, 3.63) is 48.0 Å². The van der Waals surface area contributed by atoms with Gasteiger partial charge in [-0.3, -0.25) is 0 Å². The van der Waals surface area contributed by atoms with Crippen LogP contribution in [0.2, 0.25) is 0 Å². The summed E-state index contributed by atoms with van der Waals surface area (Å²) in [6.45, 7) is 1.58.